The summed E-state index contributed by atoms with van der Waals surface area (Å²) >= 11 is 0. The zero-order valence-electron chi connectivity index (χ0n) is 13.9. The van der Waals surface area contributed by atoms with Crippen LogP contribution >= 0.6 is 0 Å². The largest absolute Gasteiger partial charge is 0.331 e. The molecule has 0 aliphatic rings. The predicted molar refractivity (Wildman–Crippen MR) is 90.5 cm³/mol. The molecule has 0 fully saturated rings. The van der Waals surface area contributed by atoms with Gasteiger partial charge in [-0.3, -0.25) is 15.1 Å². The molecule has 1 aromatic carbocycles. The maximum absolute atomic E-state index is 12.3. The fourth-order valence-corrected chi connectivity index (χ4v) is 2.31. The summed E-state index contributed by atoms with van der Waals surface area (Å²) in [6.45, 7) is 3.94. The van der Waals surface area contributed by atoms with E-state index in [1.54, 1.807) is 50.3 Å². The van der Waals surface area contributed by atoms with Gasteiger partial charge < -0.3 is 10.2 Å². The number of aryl methyl sites for hydroxylation is 1. The first-order valence-electron chi connectivity index (χ1n) is 7.54. The van der Waals surface area contributed by atoms with Gasteiger partial charge in [0, 0.05) is 37.6 Å². The molecule has 0 aliphatic heterocycles. The van der Waals surface area contributed by atoms with Gasteiger partial charge in [0.1, 0.15) is 0 Å². The molecule has 1 unspecified atom stereocenters. The van der Waals surface area contributed by atoms with Crippen LogP contribution in [0.4, 0.5) is 10.5 Å². The van der Waals surface area contributed by atoms with Crippen LogP contribution in [0.2, 0.25) is 0 Å². The Morgan fingerprint density at radius 2 is 2.00 bits per heavy atom. The van der Waals surface area contributed by atoms with Gasteiger partial charge in [-0.1, -0.05) is 12.1 Å². The summed E-state index contributed by atoms with van der Waals surface area (Å²) in [6.07, 6.45) is 3.35. The Kier molecular flexibility index (Phi) is 5.47. The summed E-state index contributed by atoms with van der Waals surface area (Å²) in [7, 11) is 1.69. The molecule has 0 aliphatic carbocycles. The number of hydrogen-bond acceptors (Lipinski definition) is 4. The second-order valence-electron chi connectivity index (χ2n) is 5.69. The van der Waals surface area contributed by atoms with Crippen molar-refractivity contribution in [3.05, 3.63) is 69.5 Å². The van der Waals surface area contributed by atoms with Crippen LogP contribution in [-0.2, 0) is 6.54 Å². The van der Waals surface area contributed by atoms with Gasteiger partial charge in [0.2, 0.25) is 0 Å². The molecule has 2 amide bonds. The predicted octanol–water partition coefficient (Wildman–Crippen LogP) is 3.20. The highest BCUT2D eigenvalue weighted by Crippen LogP contribution is 2.23. The Balaban J connectivity index is 2.03. The molecule has 7 nitrogen and oxygen atoms in total. The Morgan fingerprint density at radius 3 is 2.62 bits per heavy atom. The minimum atomic E-state index is -0.414. The molecule has 1 heterocycles. The highest BCUT2D eigenvalue weighted by atomic mass is 16.6. The molecule has 7 heteroatoms. The van der Waals surface area contributed by atoms with Crippen LogP contribution in [0, 0.1) is 17.0 Å². The third-order valence-electron chi connectivity index (χ3n) is 3.79. The standard InChI is InChI=1S/C17H20N4O3/c1-12-4-5-15(10-16(12)21(23)24)13(2)19-17(22)20(3)11-14-6-8-18-9-7-14/h4-10,13H,11H2,1-3H3,(H,19,22). The molecule has 1 aromatic heterocycles. The van der Waals surface area contributed by atoms with Crippen LogP contribution in [0.15, 0.2) is 42.7 Å². The maximum Gasteiger partial charge on any atom is 0.317 e. The number of nitro benzene ring substituents is 1. The van der Waals surface area contributed by atoms with Crippen molar-refractivity contribution in [1.82, 2.24) is 15.2 Å². The van der Waals surface area contributed by atoms with Crippen molar-refractivity contribution in [1.29, 1.82) is 0 Å². The van der Waals surface area contributed by atoms with Crippen LogP contribution in [0.5, 0.6) is 0 Å². The number of urea groups is 1. The first-order valence-corrected chi connectivity index (χ1v) is 7.54. The van der Waals surface area contributed by atoms with Crippen molar-refractivity contribution in [2.75, 3.05) is 7.05 Å². The molecule has 2 aromatic rings. The lowest BCUT2D eigenvalue weighted by atomic mass is 10.0. The SMILES string of the molecule is Cc1ccc(C(C)NC(=O)N(C)Cc2ccncc2)cc1[N+](=O)[O-]. The van der Waals surface area contributed by atoms with Crippen LogP contribution < -0.4 is 5.32 Å². The van der Waals surface area contributed by atoms with Crippen molar-refractivity contribution in [3.8, 4) is 0 Å². The van der Waals surface area contributed by atoms with Gasteiger partial charge in [0.15, 0.2) is 0 Å². The number of carbonyl (C=O) groups excluding carboxylic acids is 1. The lowest BCUT2D eigenvalue weighted by molar-refractivity contribution is -0.385. The number of rotatable bonds is 5. The van der Waals surface area contributed by atoms with E-state index < -0.39 is 4.92 Å². The Bertz CT molecular complexity index is 734. The van der Waals surface area contributed by atoms with E-state index in [1.807, 2.05) is 12.1 Å². The third-order valence-corrected chi connectivity index (χ3v) is 3.79. The van der Waals surface area contributed by atoms with E-state index in [-0.39, 0.29) is 17.8 Å². The van der Waals surface area contributed by atoms with Gasteiger partial charge in [-0.15, -0.1) is 0 Å². The second-order valence-corrected chi connectivity index (χ2v) is 5.69. The molecular formula is C17H20N4O3. The monoisotopic (exact) mass is 328 g/mol. The van der Waals surface area contributed by atoms with Crippen LogP contribution in [0.25, 0.3) is 0 Å². The molecule has 0 bridgehead atoms. The lowest BCUT2D eigenvalue weighted by Gasteiger charge is -2.21. The molecule has 0 saturated carbocycles. The summed E-state index contributed by atoms with van der Waals surface area (Å²) in [4.78, 5) is 28.4. The van der Waals surface area contributed by atoms with E-state index in [0.717, 1.165) is 5.56 Å². The van der Waals surface area contributed by atoms with E-state index in [4.69, 9.17) is 0 Å². The molecule has 1 N–H and O–H groups in total. The first kappa shape index (κ1) is 17.4. The average molecular weight is 328 g/mol. The topological polar surface area (TPSA) is 88.4 Å². The number of nitrogens with one attached hydrogen (secondary N) is 1. The maximum atomic E-state index is 12.3. The zero-order chi connectivity index (χ0) is 17.7. The lowest BCUT2D eigenvalue weighted by Crippen LogP contribution is -2.38. The van der Waals surface area contributed by atoms with Gasteiger partial charge in [-0.05, 0) is 37.1 Å². The second kappa shape index (κ2) is 7.54. The fraction of sp³-hybridized carbons (Fsp3) is 0.294. The molecule has 2 rings (SSSR count). The number of amides is 2. The van der Waals surface area contributed by atoms with Crippen molar-refractivity contribution in [3.63, 3.8) is 0 Å². The van der Waals surface area contributed by atoms with Crippen molar-refractivity contribution in [2.24, 2.45) is 0 Å². The molecule has 0 saturated heterocycles. The molecule has 1 atom stereocenters. The summed E-state index contributed by atoms with van der Waals surface area (Å²) < 4.78 is 0. The van der Waals surface area contributed by atoms with E-state index in [1.165, 1.54) is 6.07 Å². The first-order chi connectivity index (χ1) is 11.4. The van der Waals surface area contributed by atoms with Gasteiger partial charge >= 0.3 is 6.03 Å². The molecule has 0 spiro atoms. The number of carbonyl (C=O) groups is 1. The number of hydrogen-bond donors (Lipinski definition) is 1. The van der Waals surface area contributed by atoms with Crippen molar-refractivity contribution in [2.45, 2.75) is 26.4 Å². The van der Waals surface area contributed by atoms with E-state index in [9.17, 15) is 14.9 Å². The number of aromatic nitrogens is 1. The number of nitro groups is 1. The summed E-state index contributed by atoms with van der Waals surface area (Å²) in [6, 6.07) is 8.09. The Labute approximate surface area is 140 Å². The van der Waals surface area contributed by atoms with Gasteiger partial charge in [0.25, 0.3) is 5.69 Å². The molecular weight excluding hydrogens is 308 g/mol. The van der Waals surface area contributed by atoms with Crippen molar-refractivity contribution >= 4 is 11.7 Å². The normalized spacial score (nSPS) is 11.6. The van der Waals surface area contributed by atoms with E-state index in [0.29, 0.717) is 17.7 Å². The van der Waals surface area contributed by atoms with Crippen LogP contribution in [0.1, 0.15) is 29.7 Å². The van der Waals surface area contributed by atoms with E-state index >= 15 is 0 Å². The van der Waals surface area contributed by atoms with Gasteiger partial charge in [-0.2, -0.15) is 0 Å². The molecule has 126 valence electrons. The number of pyridine rings is 1. The quantitative estimate of drug-likeness (QED) is 0.674. The van der Waals surface area contributed by atoms with E-state index in [2.05, 4.69) is 10.3 Å². The Hall–Kier alpha value is -2.96. The molecule has 0 radical (unpaired) electrons. The third kappa shape index (κ3) is 4.28. The fourth-order valence-electron chi connectivity index (χ4n) is 2.31. The zero-order valence-corrected chi connectivity index (χ0v) is 13.9. The number of nitrogens with zero attached hydrogens (tertiary/aromatic N) is 3. The summed E-state index contributed by atoms with van der Waals surface area (Å²) in [5.74, 6) is 0. The van der Waals surface area contributed by atoms with Gasteiger partial charge in [-0.25, -0.2) is 4.79 Å². The number of benzene rings is 1. The average Bonchev–Trinajstić information content (AvgIpc) is 2.55. The summed E-state index contributed by atoms with van der Waals surface area (Å²) in [5.41, 5.74) is 2.31. The minimum absolute atomic E-state index is 0.0544. The van der Waals surface area contributed by atoms with Crippen LogP contribution in [-0.4, -0.2) is 27.9 Å². The van der Waals surface area contributed by atoms with Gasteiger partial charge in [0.05, 0.1) is 11.0 Å². The Morgan fingerprint density at radius 1 is 1.33 bits per heavy atom. The minimum Gasteiger partial charge on any atom is -0.331 e. The smallest absolute Gasteiger partial charge is 0.317 e. The summed E-state index contributed by atoms with van der Waals surface area (Å²) in [5, 5.41) is 13.9. The molecule has 24 heavy (non-hydrogen) atoms. The highest BCUT2D eigenvalue weighted by Gasteiger charge is 2.17. The van der Waals surface area contributed by atoms with Crippen molar-refractivity contribution < 1.29 is 9.72 Å². The highest BCUT2D eigenvalue weighted by molar-refractivity contribution is 5.74. The van der Waals surface area contributed by atoms with Crippen LogP contribution in [0.3, 0.4) is 0 Å².